The summed E-state index contributed by atoms with van der Waals surface area (Å²) in [5.74, 6) is -0.559. The molecule has 8 heteroatoms. The molecule has 0 saturated heterocycles. The summed E-state index contributed by atoms with van der Waals surface area (Å²) in [6, 6.07) is 0. The number of esters is 1. The third-order valence-corrected chi connectivity index (χ3v) is 3.32. The highest BCUT2D eigenvalue weighted by Crippen LogP contribution is 2.22. The van der Waals surface area contributed by atoms with Crippen molar-refractivity contribution >= 4 is 29.5 Å². The molecule has 0 aromatic carbocycles. The van der Waals surface area contributed by atoms with Crippen molar-refractivity contribution in [3.8, 4) is 0 Å². The number of nitrogens with zero attached hydrogens (tertiary/aromatic N) is 3. The molecule has 110 valence electrons. The lowest BCUT2D eigenvalue weighted by Gasteiger charge is -2.15. The molecule has 1 aromatic rings. The molecular weight excluding hydrogens is 280 g/mol. The van der Waals surface area contributed by atoms with E-state index in [-0.39, 0.29) is 29.1 Å². The van der Waals surface area contributed by atoms with E-state index in [0.29, 0.717) is 5.16 Å². The molecule has 2 N–H and O–H groups in total. The van der Waals surface area contributed by atoms with Crippen LogP contribution < -0.4 is 5.73 Å². The zero-order valence-corrected chi connectivity index (χ0v) is 12.7. The van der Waals surface area contributed by atoms with Crippen LogP contribution in [0.5, 0.6) is 0 Å². The average molecular weight is 298 g/mol. The van der Waals surface area contributed by atoms with Gasteiger partial charge in [-0.05, 0) is 13.8 Å². The highest BCUT2D eigenvalue weighted by atomic mass is 32.2. The number of hydrogen-bond acceptors (Lipinski definition) is 7. The molecule has 20 heavy (non-hydrogen) atoms. The molecule has 7 nitrogen and oxygen atoms in total. The number of amides is 1. The normalized spacial score (nSPS) is 11.8. The average Bonchev–Trinajstić information content (AvgIpc) is 2.37. The van der Waals surface area contributed by atoms with Crippen molar-refractivity contribution in [2.24, 2.45) is 0 Å². The number of rotatable bonds is 5. The van der Waals surface area contributed by atoms with E-state index in [2.05, 4.69) is 9.97 Å². The van der Waals surface area contributed by atoms with Crippen molar-refractivity contribution in [1.82, 2.24) is 14.9 Å². The lowest BCUT2D eigenvalue weighted by molar-refractivity contribution is -0.127. The van der Waals surface area contributed by atoms with Gasteiger partial charge in [0.25, 0.3) is 0 Å². The largest absolute Gasteiger partial charge is 0.462 e. The summed E-state index contributed by atoms with van der Waals surface area (Å²) in [6.45, 7) is 3.71. The smallest absolute Gasteiger partial charge is 0.343 e. The summed E-state index contributed by atoms with van der Waals surface area (Å²) in [5, 5.41) is 0.0103. The summed E-state index contributed by atoms with van der Waals surface area (Å²) >= 11 is 1.18. The first-order valence-corrected chi connectivity index (χ1v) is 6.92. The van der Waals surface area contributed by atoms with Crippen LogP contribution in [0.25, 0.3) is 0 Å². The second kappa shape index (κ2) is 7.09. The van der Waals surface area contributed by atoms with Gasteiger partial charge in [0, 0.05) is 20.3 Å². The van der Waals surface area contributed by atoms with Crippen molar-refractivity contribution in [3.05, 3.63) is 11.8 Å². The zero-order chi connectivity index (χ0) is 15.3. The van der Waals surface area contributed by atoms with Gasteiger partial charge in [-0.2, -0.15) is 0 Å². The van der Waals surface area contributed by atoms with Crippen LogP contribution in [0.3, 0.4) is 0 Å². The van der Waals surface area contributed by atoms with Gasteiger partial charge in [-0.25, -0.2) is 14.8 Å². The number of ether oxygens (including phenoxy) is 1. The van der Waals surface area contributed by atoms with Crippen molar-refractivity contribution in [1.29, 1.82) is 0 Å². The molecule has 1 aromatic heterocycles. The lowest BCUT2D eigenvalue weighted by Crippen LogP contribution is -2.29. The highest BCUT2D eigenvalue weighted by molar-refractivity contribution is 8.00. The quantitative estimate of drug-likeness (QED) is 0.488. The topological polar surface area (TPSA) is 98.4 Å². The maximum Gasteiger partial charge on any atom is 0.343 e. The number of thioether (sulfide) groups is 1. The molecular formula is C12H18N4O3S. The number of hydrogen-bond donors (Lipinski definition) is 1. The first-order chi connectivity index (χ1) is 9.36. The summed E-state index contributed by atoms with van der Waals surface area (Å²) < 4.78 is 4.83. The van der Waals surface area contributed by atoms with Crippen molar-refractivity contribution < 1.29 is 14.3 Å². The zero-order valence-electron chi connectivity index (χ0n) is 11.9. The minimum atomic E-state index is -0.557. The van der Waals surface area contributed by atoms with Crippen LogP contribution in [0, 0.1) is 0 Å². The summed E-state index contributed by atoms with van der Waals surface area (Å²) in [4.78, 5) is 32.8. The third-order valence-electron chi connectivity index (χ3n) is 2.36. The molecule has 0 bridgehead atoms. The Morgan fingerprint density at radius 1 is 1.50 bits per heavy atom. The molecule has 0 saturated carbocycles. The van der Waals surface area contributed by atoms with Gasteiger partial charge < -0.3 is 15.4 Å². The Kier molecular flexibility index (Phi) is 5.75. The van der Waals surface area contributed by atoms with Crippen LogP contribution in [0.1, 0.15) is 24.2 Å². The number of anilines is 1. The minimum Gasteiger partial charge on any atom is -0.462 e. The molecule has 0 spiro atoms. The highest BCUT2D eigenvalue weighted by Gasteiger charge is 2.19. The van der Waals surface area contributed by atoms with Gasteiger partial charge in [0.15, 0.2) is 5.16 Å². The minimum absolute atomic E-state index is 0.0467. The van der Waals surface area contributed by atoms with Crippen LogP contribution in [0.15, 0.2) is 11.4 Å². The van der Waals surface area contributed by atoms with Crippen molar-refractivity contribution in [3.63, 3.8) is 0 Å². The summed E-state index contributed by atoms with van der Waals surface area (Å²) in [5.41, 5.74) is 5.83. The Morgan fingerprint density at radius 3 is 2.65 bits per heavy atom. The maximum absolute atomic E-state index is 11.7. The molecule has 0 aliphatic heterocycles. The Labute approximate surface area is 121 Å². The third kappa shape index (κ3) is 4.09. The maximum atomic E-state index is 11.7. The van der Waals surface area contributed by atoms with Crippen LogP contribution in [-0.4, -0.2) is 52.7 Å². The van der Waals surface area contributed by atoms with Crippen molar-refractivity contribution in [2.75, 3.05) is 26.4 Å². The molecule has 1 rings (SSSR count). The second-order valence-corrected chi connectivity index (χ2v) is 5.47. The number of carbonyl (C=O) groups excluding carboxylic acids is 2. The molecule has 1 atom stereocenters. The summed E-state index contributed by atoms with van der Waals surface area (Å²) in [6.07, 6.45) is 1.31. The fourth-order valence-electron chi connectivity index (χ4n) is 1.37. The molecule has 1 unspecified atom stereocenters. The Hall–Kier alpha value is -1.83. The fraction of sp³-hybridized carbons (Fsp3) is 0.500. The fourth-order valence-corrected chi connectivity index (χ4v) is 2.27. The molecule has 0 aliphatic rings. The molecule has 0 fully saturated rings. The first-order valence-electron chi connectivity index (χ1n) is 6.04. The molecule has 1 amide bonds. The standard InChI is InChI=1S/C12H18N4O3S/c1-5-19-11(18)8-6-14-12(15-9(8)13)20-7(2)10(17)16(3)4/h6-7H,5H2,1-4H3,(H2,13,14,15). The van der Waals surface area contributed by atoms with E-state index in [4.69, 9.17) is 10.5 Å². The van der Waals surface area contributed by atoms with Gasteiger partial charge in [-0.15, -0.1) is 0 Å². The van der Waals surface area contributed by atoms with Gasteiger partial charge in [0.1, 0.15) is 11.4 Å². The lowest BCUT2D eigenvalue weighted by atomic mass is 10.3. The SMILES string of the molecule is CCOC(=O)c1cnc(SC(C)C(=O)N(C)C)nc1N. The van der Waals surface area contributed by atoms with Gasteiger partial charge in [-0.1, -0.05) is 11.8 Å². The van der Waals surface area contributed by atoms with Gasteiger partial charge >= 0.3 is 5.97 Å². The first kappa shape index (κ1) is 16.2. The number of carbonyl (C=O) groups is 2. The Balaban J connectivity index is 2.82. The van der Waals surface area contributed by atoms with E-state index < -0.39 is 5.97 Å². The summed E-state index contributed by atoms with van der Waals surface area (Å²) in [7, 11) is 3.36. The molecule has 1 heterocycles. The predicted octanol–water partition coefficient (Wildman–Crippen LogP) is 0.804. The number of nitrogen functional groups attached to an aromatic ring is 1. The van der Waals surface area contributed by atoms with Crippen LogP contribution in [0.2, 0.25) is 0 Å². The monoisotopic (exact) mass is 298 g/mol. The van der Waals surface area contributed by atoms with E-state index in [1.54, 1.807) is 27.9 Å². The predicted molar refractivity (Wildman–Crippen MR) is 76.4 cm³/mol. The number of nitrogens with two attached hydrogens (primary N) is 1. The van der Waals surface area contributed by atoms with Gasteiger partial charge in [0.05, 0.1) is 11.9 Å². The molecule has 0 radical (unpaired) electrons. The number of aromatic nitrogens is 2. The van der Waals surface area contributed by atoms with Crippen LogP contribution >= 0.6 is 11.8 Å². The second-order valence-electron chi connectivity index (χ2n) is 4.16. The van der Waals surface area contributed by atoms with Crippen LogP contribution in [0.4, 0.5) is 5.82 Å². The van der Waals surface area contributed by atoms with Gasteiger partial charge in [-0.3, -0.25) is 4.79 Å². The Bertz CT molecular complexity index is 507. The Morgan fingerprint density at radius 2 is 2.15 bits per heavy atom. The van der Waals surface area contributed by atoms with E-state index >= 15 is 0 Å². The van der Waals surface area contributed by atoms with E-state index in [1.807, 2.05) is 0 Å². The van der Waals surface area contributed by atoms with Gasteiger partial charge in [0.2, 0.25) is 5.91 Å². The van der Waals surface area contributed by atoms with E-state index in [1.165, 1.54) is 22.9 Å². The van der Waals surface area contributed by atoms with E-state index in [9.17, 15) is 9.59 Å². The van der Waals surface area contributed by atoms with E-state index in [0.717, 1.165) is 0 Å². The molecule has 0 aliphatic carbocycles. The van der Waals surface area contributed by atoms with Crippen LogP contribution in [-0.2, 0) is 9.53 Å². The van der Waals surface area contributed by atoms with Crippen molar-refractivity contribution in [2.45, 2.75) is 24.3 Å².